The van der Waals surface area contributed by atoms with Crippen molar-refractivity contribution in [2.75, 3.05) is 20.0 Å². The summed E-state index contributed by atoms with van der Waals surface area (Å²) in [7, 11) is 2.84. The van der Waals surface area contributed by atoms with Crippen molar-refractivity contribution in [1.29, 1.82) is 0 Å². The fourth-order valence-electron chi connectivity index (χ4n) is 3.19. The third kappa shape index (κ3) is 3.88. The summed E-state index contributed by atoms with van der Waals surface area (Å²) in [4.78, 5) is 15.8. The van der Waals surface area contributed by atoms with Gasteiger partial charge in [0.2, 0.25) is 17.3 Å². The number of H-pyrrole nitrogens is 1. The van der Waals surface area contributed by atoms with Crippen molar-refractivity contribution in [2.45, 2.75) is 6.54 Å². The van der Waals surface area contributed by atoms with Gasteiger partial charge in [-0.2, -0.15) is 5.10 Å². The second-order valence-corrected chi connectivity index (χ2v) is 6.64. The second-order valence-electron chi connectivity index (χ2n) is 6.64. The SMILES string of the molecule is COc1cc(/C=N/NC(=O)C[n+]2c(-c3nonc3N)[nH]c3ccccc32)cc(OC)c1O. The predicted octanol–water partition coefficient (Wildman–Crippen LogP) is 0.961. The highest BCUT2D eigenvalue weighted by Crippen LogP contribution is 2.36. The van der Waals surface area contributed by atoms with Gasteiger partial charge in [-0.05, 0) is 34.6 Å². The average Bonchev–Trinajstić information content (AvgIpc) is 3.37. The van der Waals surface area contributed by atoms with Crippen molar-refractivity contribution in [3.05, 3.63) is 42.0 Å². The van der Waals surface area contributed by atoms with Crippen molar-refractivity contribution in [1.82, 2.24) is 20.7 Å². The van der Waals surface area contributed by atoms with Crippen LogP contribution in [0.4, 0.5) is 5.82 Å². The monoisotopic (exact) mass is 438 g/mol. The standard InChI is InChI=1S/C20H19N7O5/c1-30-14-7-11(8-15(31-2)18(14)29)9-22-24-16(28)10-27-13-6-4-3-5-12(13)23-20(27)17-19(21)26-32-25-17/h3-9H,10H2,1-2H3,(H4,21,22,23,24,25,26,28,29)/p+1. The van der Waals surface area contributed by atoms with Gasteiger partial charge in [0.1, 0.15) is 0 Å². The number of nitrogens with one attached hydrogen (secondary N) is 2. The molecule has 4 aromatic rings. The first-order valence-electron chi connectivity index (χ1n) is 9.37. The molecule has 164 valence electrons. The van der Waals surface area contributed by atoms with E-state index in [4.69, 9.17) is 19.8 Å². The van der Waals surface area contributed by atoms with E-state index in [2.05, 4.69) is 25.8 Å². The molecular weight excluding hydrogens is 418 g/mol. The summed E-state index contributed by atoms with van der Waals surface area (Å²) in [6.07, 6.45) is 1.41. The number of phenolic OH excluding ortho intramolecular Hbond substituents is 1. The molecule has 0 unspecified atom stereocenters. The normalized spacial score (nSPS) is 11.2. The minimum Gasteiger partial charge on any atom is -0.502 e. The predicted molar refractivity (Wildman–Crippen MR) is 113 cm³/mol. The molecule has 0 saturated carbocycles. The average molecular weight is 438 g/mol. The molecule has 4 rings (SSSR count). The van der Waals surface area contributed by atoms with E-state index < -0.39 is 5.91 Å². The van der Waals surface area contributed by atoms with Crippen LogP contribution in [-0.4, -0.2) is 46.7 Å². The molecule has 12 nitrogen and oxygen atoms in total. The zero-order chi connectivity index (χ0) is 22.7. The van der Waals surface area contributed by atoms with Gasteiger partial charge in [0.05, 0.1) is 20.4 Å². The lowest BCUT2D eigenvalue weighted by atomic mass is 10.2. The van der Waals surface area contributed by atoms with Crippen LogP contribution in [0.2, 0.25) is 0 Å². The molecule has 0 aliphatic carbocycles. The number of rotatable bonds is 7. The number of aromatic nitrogens is 4. The number of aromatic hydroxyl groups is 1. The number of phenols is 1. The first kappa shape index (κ1) is 20.7. The number of hydrogen-bond donors (Lipinski definition) is 4. The maximum Gasteiger partial charge on any atom is 0.314 e. The molecule has 12 heteroatoms. The van der Waals surface area contributed by atoms with Crippen LogP contribution in [0.1, 0.15) is 5.56 Å². The Morgan fingerprint density at radius 1 is 1.28 bits per heavy atom. The van der Waals surface area contributed by atoms with Gasteiger partial charge >= 0.3 is 5.82 Å². The number of hydrogen-bond acceptors (Lipinski definition) is 9. The Labute approximate surface area is 181 Å². The summed E-state index contributed by atoms with van der Waals surface area (Å²) in [6.45, 7) is -0.0782. The summed E-state index contributed by atoms with van der Waals surface area (Å²) < 4.78 is 16.6. The lowest BCUT2D eigenvalue weighted by Gasteiger charge is -2.09. The van der Waals surface area contributed by atoms with Gasteiger partial charge in [-0.15, -0.1) is 0 Å². The number of ether oxygens (including phenoxy) is 2. The first-order valence-corrected chi connectivity index (χ1v) is 9.37. The first-order chi connectivity index (χ1) is 15.5. The van der Waals surface area contributed by atoms with Gasteiger partial charge in [0, 0.05) is 5.56 Å². The highest BCUT2D eigenvalue weighted by Gasteiger charge is 2.27. The number of benzene rings is 2. The highest BCUT2D eigenvalue weighted by molar-refractivity contribution is 5.84. The van der Waals surface area contributed by atoms with Crippen LogP contribution >= 0.6 is 0 Å². The van der Waals surface area contributed by atoms with Crippen LogP contribution in [0.3, 0.4) is 0 Å². The van der Waals surface area contributed by atoms with Crippen molar-refractivity contribution in [2.24, 2.45) is 5.10 Å². The Kier molecular flexibility index (Phi) is 5.57. The van der Waals surface area contributed by atoms with Gasteiger partial charge in [-0.1, -0.05) is 12.1 Å². The molecule has 5 N–H and O–H groups in total. The van der Waals surface area contributed by atoms with E-state index >= 15 is 0 Å². The maximum atomic E-state index is 12.6. The number of carbonyl (C=O) groups is 1. The number of amides is 1. The molecule has 0 saturated heterocycles. The number of anilines is 1. The number of methoxy groups -OCH3 is 2. The Balaban J connectivity index is 1.56. The van der Waals surface area contributed by atoms with Crippen LogP contribution in [0.25, 0.3) is 22.6 Å². The molecule has 1 amide bonds. The Bertz CT molecular complexity index is 1290. The third-order valence-electron chi connectivity index (χ3n) is 4.66. The Hall–Kier alpha value is -4.61. The van der Waals surface area contributed by atoms with Crippen molar-refractivity contribution >= 4 is 29.0 Å². The number of nitrogens with two attached hydrogens (primary N) is 1. The molecule has 2 heterocycles. The van der Waals surface area contributed by atoms with Crippen LogP contribution in [0.5, 0.6) is 17.2 Å². The van der Waals surface area contributed by atoms with Crippen molar-refractivity contribution in [3.8, 4) is 28.8 Å². The van der Waals surface area contributed by atoms with E-state index in [0.29, 0.717) is 17.1 Å². The van der Waals surface area contributed by atoms with Crippen LogP contribution in [-0.2, 0) is 11.3 Å². The van der Waals surface area contributed by atoms with E-state index in [9.17, 15) is 9.90 Å². The number of imidazole rings is 1. The number of nitrogen functional groups attached to an aromatic ring is 1. The van der Waals surface area contributed by atoms with E-state index in [1.54, 1.807) is 16.7 Å². The number of carbonyl (C=O) groups excluding carboxylic acids is 1. The molecule has 0 aliphatic heterocycles. The highest BCUT2D eigenvalue weighted by atomic mass is 16.6. The van der Waals surface area contributed by atoms with Gasteiger partial charge in [0.15, 0.2) is 29.1 Å². The van der Waals surface area contributed by atoms with E-state index in [1.165, 1.54) is 20.4 Å². The maximum absolute atomic E-state index is 12.6. The summed E-state index contributed by atoms with van der Waals surface area (Å²) in [5, 5.41) is 21.4. The molecule has 0 bridgehead atoms. The van der Waals surface area contributed by atoms with E-state index in [0.717, 1.165) is 11.0 Å². The molecule has 2 aromatic carbocycles. The van der Waals surface area contributed by atoms with Crippen LogP contribution in [0.15, 0.2) is 46.1 Å². The number of hydrazone groups is 1. The van der Waals surface area contributed by atoms with Gasteiger partial charge in [0.25, 0.3) is 5.91 Å². The second kappa shape index (κ2) is 8.63. The summed E-state index contributed by atoms with van der Waals surface area (Å²) in [5.41, 5.74) is 10.7. The molecule has 32 heavy (non-hydrogen) atoms. The zero-order valence-corrected chi connectivity index (χ0v) is 17.2. The fourth-order valence-corrected chi connectivity index (χ4v) is 3.19. The van der Waals surface area contributed by atoms with Gasteiger partial charge < -0.3 is 20.3 Å². The van der Waals surface area contributed by atoms with Crippen LogP contribution in [0, 0.1) is 0 Å². The summed E-state index contributed by atoms with van der Waals surface area (Å²) in [6, 6.07) is 10.5. The lowest BCUT2D eigenvalue weighted by molar-refractivity contribution is -0.647. The Morgan fingerprint density at radius 2 is 2.00 bits per heavy atom. The number of fused-ring (bicyclic) bond motifs is 1. The lowest BCUT2D eigenvalue weighted by Crippen LogP contribution is -2.42. The quantitative estimate of drug-likeness (QED) is 0.188. The number of nitrogens with zero attached hydrogens (tertiary/aromatic N) is 4. The fraction of sp³-hybridized carbons (Fsp3) is 0.150. The molecule has 0 atom stereocenters. The van der Waals surface area contributed by atoms with E-state index in [1.807, 2.05) is 24.3 Å². The van der Waals surface area contributed by atoms with Crippen molar-refractivity contribution < 1.29 is 28.6 Å². The minimum absolute atomic E-state index is 0.0782. The molecule has 0 fully saturated rings. The smallest absolute Gasteiger partial charge is 0.314 e. The van der Waals surface area contributed by atoms with Crippen LogP contribution < -0.4 is 25.2 Å². The molecular formula is C20H20N7O5+. The summed E-state index contributed by atoms with van der Waals surface area (Å²) in [5.74, 6) is 0.479. The molecule has 2 aromatic heterocycles. The van der Waals surface area contributed by atoms with Gasteiger partial charge in [-0.25, -0.2) is 19.6 Å². The number of aromatic amines is 1. The zero-order valence-electron chi connectivity index (χ0n) is 17.2. The van der Waals surface area contributed by atoms with E-state index in [-0.39, 0.29) is 29.6 Å². The van der Waals surface area contributed by atoms with Gasteiger partial charge in [-0.3, -0.25) is 4.79 Å². The largest absolute Gasteiger partial charge is 0.502 e. The number of para-hydroxylation sites is 2. The van der Waals surface area contributed by atoms with Crippen molar-refractivity contribution in [3.63, 3.8) is 0 Å². The molecule has 0 spiro atoms. The summed E-state index contributed by atoms with van der Waals surface area (Å²) >= 11 is 0. The molecule has 0 radical (unpaired) electrons. The Morgan fingerprint density at radius 3 is 2.66 bits per heavy atom. The molecule has 0 aliphatic rings. The minimum atomic E-state index is -0.398. The topological polar surface area (TPSA) is 165 Å². The third-order valence-corrected chi connectivity index (χ3v) is 4.66.